The maximum absolute atomic E-state index is 12.4. The van der Waals surface area contributed by atoms with Crippen molar-refractivity contribution in [3.05, 3.63) is 0 Å². The number of amides is 1. The van der Waals surface area contributed by atoms with Gasteiger partial charge in [-0.05, 0) is 50.4 Å². The Bertz CT molecular complexity index is 287. The first-order valence-corrected chi connectivity index (χ1v) is 6.68. The zero-order chi connectivity index (χ0) is 12.0. The molecule has 92 valence electrons. The molecule has 0 unspecified atom stereocenters. The van der Waals surface area contributed by atoms with Gasteiger partial charge in [-0.3, -0.25) is 4.79 Å². The average molecular weight is 223 g/mol. The Morgan fingerprint density at radius 2 is 1.69 bits per heavy atom. The smallest absolute Gasteiger partial charge is 0.226 e. The van der Waals surface area contributed by atoms with Crippen LogP contribution in [0.15, 0.2) is 0 Å². The summed E-state index contributed by atoms with van der Waals surface area (Å²) in [6.45, 7) is 8.79. The van der Waals surface area contributed by atoms with E-state index >= 15 is 0 Å². The number of rotatable bonds is 3. The van der Waals surface area contributed by atoms with Crippen molar-refractivity contribution in [3.8, 4) is 0 Å². The van der Waals surface area contributed by atoms with E-state index in [-0.39, 0.29) is 5.41 Å². The molecule has 2 saturated carbocycles. The third-order valence-electron chi connectivity index (χ3n) is 5.02. The number of nitrogens with one attached hydrogen (secondary N) is 1. The fourth-order valence-electron chi connectivity index (χ4n) is 3.34. The molecule has 0 aromatic rings. The summed E-state index contributed by atoms with van der Waals surface area (Å²) in [5.74, 6) is 0.851. The molecule has 0 radical (unpaired) electrons. The Morgan fingerprint density at radius 3 is 2.06 bits per heavy atom. The molecule has 1 amide bonds. The van der Waals surface area contributed by atoms with Gasteiger partial charge in [0.05, 0.1) is 0 Å². The Hall–Kier alpha value is -0.530. The first-order valence-electron chi connectivity index (χ1n) is 6.68. The van der Waals surface area contributed by atoms with Crippen molar-refractivity contribution in [3.63, 3.8) is 0 Å². The normalized spacial score (nSPS) is 39.1. The molecule has 0 spiro atoms. The molecule has 0 heterocycles. The highest BCUT2D eigenvalue weighted by Crippen LogP contribution is 2.61. The largest absolute Gasteiger partial charge is 0.353 e. The standard InChI is InChI=1S/C14H25NO/c1-10(2)11(3)15-12(16)14-7-5-13(4,9-14)6-8-14/h10-11H,5-9H2,1-4H3,(H,15,16)/t11-,13?,14?/m0/s1. The third kappa shape index (κ3) is 1.87. The van der Waals surface area contributed by atoms with Crippen LogP contribution in [0.25, 0.3) is 0 Å². The Morgan fingerprint density at radius 1 is 1.12 bits per heavy atom. The lowest BCUT2D eigenvalue weighted by molar-refractivity contribution is -0.131. The topological polar surface area (TPSA) is 29.1 Å². The summed E-state index contributed by atoms with van der Waals surface area (Å²) in [6, 6.07) is 0.300. The van der Waals surface area contributed by atoms with E-state index in [4.69, 9.17) is 0 Å². The van der Waals surface area contributed by atoms with Crippen LogP contribution in [0, 0.1) is 16.7 Å². The van der Waals surface area contributed by atoms with Crippen LogP contribution >= 0.6 is 0 Å². The minimum absolute atomic E-state index is 0.00208. The highest BCUT2D eigenvalue weighted by Gasteiger charge is 2.55. The molecular weight excluding hydrogens is 198 g/mol. The van der Waals surface area contributed by atoms with Gasteiger partial charge in [0, 0.05) is 11.5 Å². The van der Waals surface area contributed by atoms with Gasteiger partial charge >= 0.3 is 0 Å². The molecule has 0 aromatic carbocycles. The van der Waals surface area contributed by atoms with Gasteiger partial charge in [-0.25, -0.2) is 0 Å². The van der Waals surface area contributed by atoms with Gasteiger partial charge in [0.25, 0.3) is 0 Å². The van der Waals surface area contributed by atoms with Crippen molar-refractivity contribution < 1.29 is 4.79 Å². The van der Waals surface area contributed by atoms with Crippen LogP contribution in [0.4, 0.5) is 0 Å². The zero-order valence-electron chi connectivity index (χ0n) is 11.1. The molecule has 2 aliphatic rings. The number of carbonyl (C=O) groups excluding carboxylic acids is 1. The van der Waals surface area contributed by atoms with Crippen LogP contribution in [0.3, 0.4) is 0 Å². The maximum Gasteiger partial charge on any atom is 0.226 e. The molecule has 0 saturated heterocycles. The Balaban J connectivity index is 2.01. The summed E-state index contributed by atoms with van der Waals surface area (Å²) in [6.07, 6.45) is 5.84. The summed E-state index contributed by atoms with van der Waals surface area (Å²) in [7, 11) is 0. The van der Waals surface area contributed by atoms with Crippen molar-refractivity contribution in [2.24, 2.45) is 16.7 Å². The summed E-state index contributed by atoms with van der Waals surface area (Å²) < 4.78 is 0. The monoisotopic (exact) mass is 223 g/mol. The van der Waals surface area contributed by atoms with Gasteiger partial charge in [-0.15, -0.1) is 0 Å². The van der Waals surface area contributed by atoms with E-state index in [1.165, 1.54) is 12.8 Å². The summed E-state index contributed by atoms with van der Waals surface area (Å²) in [5.41, 5.74) is 0.469. The molecule has 2 heteroatoms. The molecule has 1 atom stereocenters. The van der Waals surface area contributed by atoms with Crippen LogP contribution in [0.1, 0.15) is 59.8 Å². The molecule has 2 bridgehead atoms. The molecule has 2 aliphatic carbocycles. The van der Waals surface area contributed by atoms with E-state index < -0.39 is 0 Å². The second-order valence-corrected chi connectivity index (χ2v) is 6.77. The van der Waals surface area contributed by atoms with Gasteiger partial charge in [-0.2, -0.15) is 0 Å². The zero-order valence-corrected chi connectivity index (χ0v) is 11.1. The van der Waals surface area contributed by atoms with E-state index in [9.17, 15) is 4.79 Å². The van der Waals surface area contributed by atoms with Crippen LogP contribution in [0.5, 0.6) is 0 Å². The number of hydrogen-bond acceptors (Lipinski definition) is 1. The molecule has 0 aromatic heterocycles. The second kappa shape index (κ2) is 3.75. The molecule has 2 fully saturated rings. The lowest BCUT2D eigenvalue weighted by Crippen LogP contribution is -2.44. The summed E-state index contributed by atoms with van der Waals surface area (Å²) in [5, 5.41) is 3.22. The van der Waals surface area contributed by atoms with Gasteiger partial charge in [-0.1, -0.05) is 20.8 Å². The van der Waals surface area contributed by atoms with E-state index in [1.807, 2.05) is 0 Å². The lowest BCUT2D eigenvalue weighted by atomic mass is 9.82. The van der Waals surface area contributed by atoms with E-state index in [2.05, 4.69) is 33.0 Å². The first kappa shape index (κ1) is 11.9. The lowest BCUT2D eigenvalue weighted by Gasteiger charge is -2.28. The predicted molar refractivity (Wildman–Crippen MR) is 66.1 cm³/mol. The molecular formula is C14H25NO. The number of carbonyl (C=O) groups is 1. The fourth-order valence-corrected chi connectivity index (χ4v) is 3.34. The Kier molecular flexibility index (Phi) is 2.80. The summed E-state index contributed by atoms with van der Waals surface area (Å²) in [4.78, 5) is 12.4. The van der Waals surface area contributed by atoms with Crippen LogP contribution in [-0.2, 0) is 4.79 Å². The summed E-state index contributed by atoms with van der Waals surface area (Å²) >= 11 is 0. The van der Waals surface area contributed by atoms with Crippen LogP contribution in [0.2, 0.25) is 0 Å². The van der Waals surface area contributed by atoms with Crippen LogP contribution < -0.4 is 5.32 Å². The molecule has 16 heavy (non-hydrogen) atoms. The third-order valence-corrected chi connectivity index (χ3v) is 5.02. The van der Waals surface area contributed by atoms with Gasteiger partial charge in [0.2, 0.25) is 5.91 Å². The van der Waals surface area contributed by atoms with Gasteiger partial charge < -0.3 is 5.32 Å². The highest BCUT2D eigenvalue weighted by atomic mass is 16.2. The number of hydrogen-bond donors (Lipinski definition) is 1. The fraction of sp³-hybridized carbons (Fsp3) is 0.929. The van der Waals surface area contributed by atoms with Crippen molar-refractivity contribution in [2.45, 2.75) is 65.8 Å². The molecule has 1 N–H and O–H groups in total. The predicted octanol–water partition coefficient (Wildman–Crippen LogP) is 3.12. The van der Waals surface area contributed by atoms with Crippen molar-refractivity contribution in [2.75, 3.05) is 0 Å². The van der Waals surface area contributed by atoms with Crippen molar-refractivity contribution in [1.82, 2.24) is 5.32 Å². The van der Waals surface area contributed by atoms with Gasteiger partial charge in [0.15, 0.2) is 0 Å². The quantitative estimate of drug-likeness (QED) is 0.782. The minimum Gasteiger partial charge on any atom is -0.353 e. The molecule has 0 aliphatic heterocycles. The number of fused-ring (bicyclic) bond motifs is 2. The second-order valence-electron chi connectivity index (χ2n) is 6.77. The van der Waals surface area contributed by atoms with Crippen LogP contribution in [-0.4, -0.2) is 11.9 Å². The maximum atomic E-state index is 12.4. The first-order chi connectivity index (χ1) is 7.37. The van der Waals surface area contributed by atoms with Crippen molar-refractivity contribution >= 4 is 5.91 Å². The minimum atomic E-state index is -0.00208. The average Bonchev–Trinajstić information content (AvgIpc) is 2.72. The highest BCUT2D eigenvalue weighted by molar-refractivity contribution is 5.83. The van der Waals surface area contributed by atoms with Gasteiger partial charge in [0.1, 0.15) is 0 Å². The van der Waals surface area contributed by atoms with Crippen molar-refractivity contribution in [1.29, 1.82) is 0 Å². The molecule has 2 nitrogen and oxygen atoms in total. The SMILES string of the molecule is CC(C)[C@H](C)NC(=O)C12CCC(C)(CC1)C2. The van der Waals surface area contributed by atoms with E-state index in [0.717, 1.165) is 19.3 Å². The van der Waals surface area contributed by atoms with E-state index in [1.54, 1.807) is 0 Å². The van der Waals surface area contributed by atoms with E-state index in [0.29, 0.717) is 23.3 Å². The molecule has 2 rings (SSSR count). The Labute approximate surface area is 99.2 Å².